The predicted molar refractivity (Wildman–Crippen MR) is 166 cm³/mol. The number of nitrogens with zero attached hydrogens (tertiary/aromatic N) is 3. The van der Waals surface area contributed by atoms with Crippen LogP contribution in [0.5, 0.6) is 0 Å². The molecule has 42 heavy (non-hydrogen) atoms. The number of aromatic nitrogens is 1. The van der Waals surface area contributed by atoms with Crippen LogP contribution >= 0.6 is 0 Å². The van der Waals surface area contributed by atoms with Crippen LogP contribution in [0.4, 0.5) is 10.1 Å². The van der Waals surface area contributed by atoms with Gasteiger partial charge in [-0.3, -0.25) is 4.79 Å². The van der Waals surface area contributed by atoms with Crippen molar-refractivity contribution in [3.05, 3.63) is 60.6 Å². The molecule has 2 fully saturated rings. The second kappa shape index (κ2) is 16.1. The number of hydrogen-bond donors (Lipinski definition) is 1. The van der Waals surface area contributed by atoms with Gasteiger partial charge in [-0.1, -0.05) is 52.2 Å². The summed E-state index contributed by atoms with van der Waals surface area (Å²) in [7, 11) is -2.89. The van der Waals surface area contributed by atoms with Crippen molar-refractivity contribution in [3.8, 4) is 28.8 Å². The van der Waals surface area contributed by atoms with Gasteiger partial charge in [-0.05, 0) is 55.2 Å². The van der Waals surface area contributed by atoms with Gasteiger partial charge >= 0.3 is 0 Å². The quantitative estimate of drug-likeness (QED) is 0.333. The van der Waals surface area contributed by atoms with Crippen LogP contribution in [0, 0.1) is 29.0 Å². The second-order valence-electron chi connectivity index (χ2n) is 11.2. The highest BCUT2D eigenvalue weighted by atomic mass is 32.2. The smallest absolute Gasteiger partial charge is 0.226 e. The van der Waals surface area contributed by atoms with Crippen molar-refractivity contribution in [1.82, 2.24) is 10.3 Å². The number of hydrogen-bond acceptors (Lipinski definition) is 7. The number of carbonyl (C=O) groups excluding carboxylic acids is 1. The van der Waals surface area contributed by atoms with Crippen molar-refractivity contribution in [2.24, 2.45) is 11.8 Å². The van der Waals surface area contributed by atoms with Crippen LogP contribution in [0.2, 0.25) is 0 Å². The minimum Gasteiger partial charge on any atom is -0.444 e. The van der Waals surface area contributed by atoms with Crippen molar-refractivity contribution in [1.29, 1.82) is 5.26 Å². The van der Waals surface area contributed by atoms with Gasteiger partial charge in [0, 0.05) is 37.2 Å². The van der Waals surface area contributed by atoms with E-state index in [0.717, 1.165) is 42.9 Å². The SMILES string of the molecule is CC(C)C.N#CCNC(=O)C1CCCCC1.O=S1(=O)CCN(c2ccc(-c3coc(-c4ccc(F)cc4)n3)cc2)CC1.[HH]. The summed E-state index contributed by atoms with van der Waals surface area (Å²) in [5, 5.41) is 10.9. The zero-order chi connectivity index (χ0) is 30.5. The molecule has 10 heteroatoms. The molecule has 0 atom stereocenters. The molecule has 0 bridgehead atoms. The van der Waals surface area contributed by atoms with Crippen molar-refractivity contribution in [2.45, 2.75) is 52.9 Å². The summed E-state index contributed by atoms with van der Waals surface area (Å²) in [6.07, 6.45) is 7.13. The topological polar surface area (TPSA) is 116 Å². The van der Waals surface area contributed by atoms with Gasteiger partial charge in [0.2, 0.25) is 11.8 Å². The lowest BCUT2D eigenvalue weighted by Crippen LogP contribution is -2.40. The lowest BCUT2D eigenvalue weighted by atomic mass is 9.89. The molecule has 2 heterocycles. The van der Waals surface area contributed by atoms with E-state index in [4.69, 9.17) is 9.68 Å². The number of sulfone groups is 1. The highest BCUT2D eigenvalue weighted by Gasteiger charge is 2.22. The van der Waals surface area contributed by atoms with E-state index >= 15 is 0 Å². The van der Waals surface area contributed by atoms with E-state index in [2.05, 4.69) is 36.0 Å². The number of halogens is 1. The largest absolute Gasteiger partial charge is 0.444 e. The summed E-state index contributed by atoms with van der Waals surface area (Å²) in [4.78, 5) is 17.8. The Balaban J connectivity index is 0.000000318. The third kappa shape index (κ3) is 10.6. The van der Waals surface area contributed by atoms with Crippen LogP contribution in [0.3, 0.4) is 0 Å². The van der Waals surface area contributed by atoms with Gasteiger partial charge in [-0.25, -0.2) is 17.8 Å². The molecule has 3 aromatic rings. The number of rotatable bonds is 5. The van der Waals surface area contributed by atoms with E-state index in [-0.39, 0.29) is 37.1 Å². The molecule has 228 valence electrons. The normalized spacial score (nSPS) is 16.3. The van der Waals surface area contributed by atoms with Crippen LogP contribution in [0.1, 0.15) is 54.3 Å². The van der Waals surface area contributed by atoms with Crippen molar-refractivity contribution < 1.29 is 23.4 Å². The van der Waals surface area contributed by atoms with Gasteiger partial charge in [0.15, 0.2) is 9.84 Å². The van der Waals surface area contributed by atoms with Gasteiger partial charge in [-0.15, -0.1) is 0 Å². The van der Waals surface area contributed by atoms with E-state index in [1.54, 1.807) is 18.4 Å². The fraction of sp³-hybridized carbons (Fsp3) is 0.469. The maximum Gasteiger partial charge on any atom is 0.226 e. The van der Waals surface area contributed by atoms with Gasteiger partial charge in [0.25, 0.3) is 0 Å². The fourth-order valence-corrected chi connectivity index (χ4v) is 5.78. The van der Waals surface area contributed by atoms with Gasteiger partial charge in [-0.2, -0.15) is 5.26 Å². The van der Waals surface area contributed by atoms with Crippen LogP contribution in [0.25, 0.3) is 22.7 Å². The Kier molecular flexibility index (Phi) is 12.5. The highest BCUT2D eigenvalue weighted by molar-refractivity contribution is 7.91. The minimum absolute atomic E-state index is 0. The Morgan fingerprint density at radius 2 is 1.62 bits per heavy atom. The average molecular weight is 599 g/mol. The first-order valence-electron chi connectivity index (χ1n) is 14.5. The van der Waals surface area contributed by atoms with E-state index in [1.807, 2.05) is 30.3 Å². The lowest BCUT2D eigenvalue weighted by Gasteiger charge is -2.28. The van der Waals surface area contributed by atoms with Crippen LogP contribution in [0.15, 0.2) is 59.2 Å². The zero-order valence-corrected chi connectivity index (χ0v) is 25.5. The summed E-state index contributed by atoms with van der Waals surface area (Å²) in [5.41, 5.74) is 3.29. The Bertz CT molecular complexity index is 1400. The number of carbonyl (C=O) groups is 1. The Labute approximate surface area is 250 Å². The summed E-state index contributed by atoms with van der Waals surface area (Å²) in [6.45, 7) is 7.68. The molecule has 1 aromatic heterocycles. The standard InChI is InChI=1S/C19H17FN2O3S.C9H14N2O.C4H10.H2/c20-16-5-1-15(2-6-16)19-21-18(13-25-19)14-3-7-17(8-4-14)22-9-11-26(23,24)12-10-22;10-6-7-11-9(12)8-4-2-1-3-5-8;1-4(2)3;/h1-8,13H,9-12H2;8H,1-5,7H2,(H,11,12);4H,1-3H3;1H. The molecule has 2 aromatic carbocycles. The molecule has 0 radical (unpaired) electrons. The molecule has 5 rings (SSSR count). The monoisotopic (exact) mass is 598 g/mol. The summed E-state index contributed by atoms with van der Waals surface area (Å²) in [5.74, 6) is 1.59. The number of nitrogens with one attached hydrogen (secondary N) is 1. The third-order valence-corrected chi connectivity index (χ3v) is 8.39. The first-order valence-corrected chi connectivity index (χ1v) is 16.3. The molecule has 0 spiro atoms. The highest BCUT2D eigenvalue weighted by Crippen LogP contribution is 2.27. The second-order valence-corrected chi connectivity index (χ2v) is 13.5. The molecule has 1 aliphatic heterocycles. The molecule has 8 nitrogen and oxygen atoms in total. The number of anilines is 1. The van der Waals surface area contributed by atoms with Crippen LogP contribution in [-0.2, 0) is 14.6 Å². The summed E-state index contributed by atoms with van der Waals surface area (Å²) in [6, 6.07) is 15.7. The van der Waals surface area contributed by atoms with Crippen molar-refractivity contribution in [3.63, 3.8) is 0 Å². The van der Waals surface area contributed by atoms with Gasteiger partial charge < -0.3 is 14.6 Å². The number of nitriles is 1. The van der Waals surface area contributed by atoms with Gasteiger partial charge in [0.05, 0.1) is 17.6 Å². The molecule has 0 unspecified atom stereocenters. The first-order chi connectivity index (χ1) is 20.1. The van der Waals surface area contributed by atoms with Crippen molar-refractivity contribution in [2.75, 3.05) is 36.0 Å². The Hall–Kier alpha value is -3.71. The first kappa shape index (κ1) is 32.8. The maximum atomic E-state index is 13.0. The maximum absolute atomic E-state index is 13.0. The minimum atomic E-state index is -2.89. The molecule has 1 saturated heterocycles. The summed E-state index contributed by atoms with van der Waals surface area (Å²) >= 11 is 0. The molecule has 1 saturated carbocycles. The van der Waals surface area contributed by atoms with E-state index in [9.17, 15) is 17.6 Å². The zero-order valence-electron chi connectivity index (χ0n) is 24.7. The van der Waals surface area contributed by atoms with Crippen molar-refractivity contribution >= 4 is 21.4 Å². The molecular formula is C32H43FN4O4S. The van der Waals surface area contributed by atoms with E-state index < -0.39 is 9.84 Å². The van der Waals surface area contributed by atoms with Crippen LogP contribution in [-0.4, -0.2) is 50.4 Å². The third-order valence-electron chi connectivity index (χ3n) is 6.79. The Morgan fingerprint density at radius 3 is 2.19 bits per heavy atom. The molecule has 1 amide bonds. The van der Waals surface area contributed by atoms with E-state index in [0.29, 0.717) is 30.2 Å². The molecule has 1 aliphatic carbocycles. The predicted octanol–water partition coefficient (Wildman–Crippen LogP) is 6.50. The molecule has 1 N–H and O–H groups in total. The lowest BCUT2D eigenvalue weighted by molar-refractivity contribution is -0.125. The Morgan fingerprint density at radius 1 is 1.05 bits per heavy atom. The molecular weight excluding hydrogens is 555 g/mol. The fourth-order valence-electron chi connectivity index (χ4n) is 4.58. The number of benzene rings is 2. The summed E-state index contributed by atoms with van der Waals surface area (Å²) < 4.78 is 41.6. The number of oxazole rings is 1. The van der Waals surface area contributed by atoms with Crippen LogP contribution < -0.4 is 10.2 Å². The molecule has 2 aliphatic rings. The average Bonchev–Trinajstić information content (AvgIpc) is 3.47. The van der Waals surface area contributed by atoms with E-state index in [1.165, 1.54) is 18.6 Å². The number of amides is 1. The van der Waals surface area contributed by atoms with Gasteiger partial charge in [0.1, 0.15) is 24.3 Å².